The van der Waals surface area contributed by atoms with Crippen LogP contribution in [0.5, 0.6) is 0 Å². The van der Waals surface area contributed by atoms with E-state index in [1.807, 2.05) is 0 Å². The Kier molecular flexibility index (Phi) is 18.2. The standard InChI is InChI=1S/C28H52N6O6/c35-25(31-19-21-39-27(37)33-23-13-7-5-8-14-23)29-17-11-3-1-2-4-12-18-30-26(36)32-20-22-40-28(38)34-24-15-9-6-10-16-24/h23-24H,1-22H2,(H,33,37)(H,34,38)(H2,29,31,35)(H2,30,32,36). The minimum Gasteiger partial charge on any atom is -0.448 e. The van der Waals surface area contributed by atoms with Crippen molar-refractivity contribution in [3.05, 3.63) is 0 Å². The first kappa shape index (κ1) is 33.3. The van der Waals surface area contributed by atoms with Crippen molar-refractivity contribution in [1.29, 1.82) is 0 Å². The van der Waals surface area contributed by atoms with E-state index in [9.17, 15) is 19.2 Å². The van der Waals surface area contributed by atoms with E-state index in [2.05, 4.69) is 31.9 Å². The molecule has 2 aliphatic rings. The van der Waals surface area contributed by atoms with Crippen molar-refractivity contribution in [2.24, 2.45) is 0 Å². The zero-order valence-corrected chi connectivity index (χ0v) is 24.2. The van der Waals surface area contributed by atoms with Gasteiger partial charge in [-0.05, 0) is 38.5 Å². The van der Waals surface area contributed by atoms with Gasteiger partial charge in [-0.1, -0.05) is 64.2 Å². The number of amides is 6. The number of hydrogen-bond acceptors (Lipinski definition) is 6. The predicted molar refractivity (Wildman–Crippen MR) is 153 cm³/mol. The van der Waals surface area contributed by atoms with Crippen molar-refractivity contribution in [2.75, 3.05) is 39.4 Å². The molecule has 0 spiro atoms. The first-order valence-corrected chi connectivity index (χ1v) is 15.4. The van der Waals surface area contributed by atoms with Crippen LogP contribution < -0.4 is 31.9 Å². The van der Waals surface area contributed by atoms with Crippen LogP contribution >= 0.6 is 0 Å². The SMILES string of the molecule is O=C(NCCCCCCCCNC(=O)NCCOC(=O)NC1CCCCC1)NCCOC(=O)NC1CCCCC1. The summed E-state index contributed by atoms with van der Waals surface area (Å²) in [4.78, 5) is 47.1. The van der Waals surface area contributed by atoms with E-state index in [-0.39, 0.29) is 50.4 Å². The van der Waals surface area contributed by atoms with Gasteiger partial charge in [0.05, 0.1) is 13.1 Å². The van der Waals surface area contributed by atoms with Gasteiger partial charge in [-0.25, -0.2) is 19.2 Å². The molecule has 2 aliphatic carbocycles. The summed E-state index contributed by atoms with van der Waals surface area (Å²) in [5.74, 6) is 0. The van der Waals surface area contributed by atoms with Crippen LogP contribution in [-0.2, 0) is 9.47 Å². The average Bonchev–Trinajstić information content (AvgIpc) is 2.95. The molecule has 40 heavy (non-hydrogen) atoms. The van der Waals surface area contributed by atoms with Crippen LogP contribution in [0, 0.1) is 0 Å². The molecular formula is C28H52N6O6. The number of ether oxygens (including phenoxy) is 2. The van der Waals surface area contributed by atoms with E-state index in [0.29, 0.717) is 13.1 Å². The van der Waals surface area contributed by atoms with Crippen molar-refractivity contribution >= 4 is 24.2 Å². The Morgan fingerprint density at radius 3 is 1.23 bits per heavy atom. The number of unbranched alkanes of at least 4 members (excludes halogenated alkanes) is 5. The van der Waals surface area contributed by atoms with Crippen molar-refractivity contribution in [2.45, 2.75) is 115 Å². The number of alkyl carbamates (subject to hydrolysis) is 2. The molecule has 0 aromatic rings. The summed E-state index contributed by atoms with van der Waals surface area (Å²) >= 11 is 0. The Hall–Kier alpha value is -2.92. The quantitative estimate of drug-likeness (QED) is 0.145. The minimum atomic E-state index is -0.412. The van der Waals surface area contributed by atoms with Crippen LogP contribution in [0.25, 0.3) is 0 Å². The summed E-state index contributed by atoms with van der Waals surface area (Å²) < 4.78 is 10.2. The molecule has 0 atom stereocenters. The van der Waals surface area contributed by atoms with Gasteiger partial charge in [-0.3, -0.25) is 0 Å². The van der Waals surface area contributed by atoms with Gasteiger partial charge in [0.2, 0.25) is 0 Å². The van der Waals surface area contributed by atoms with Crippen LogP contribution in [0.1, 0.15) is 103 Å². The number of carbonyl (C=O) groups excluding carboxylic acids is 4. The van der Waals surface area contributed by atoms with Gasteiger partial charge in [0.1, 0.15) is 13.2 Å². The van der Waals surface area contributed by atoms with E-state index in [0.717, 1.165) is 89.9 Å². The van der Waals surface area contributed by atoms with Crippen molar-refractivity contribution < 1.29 is 28.7 Å². The second-order valence-electron chi connectivity index (χ2n) is 10.7. The van der Waals surface area contributed by atoms with Gasteiger partial charge in [0.25, 0.3) is 0 Å². The van der Waals surface area contributed by atoms with Crippen molar-refractivity contribution in [3.8, 4) is 0 Å². The van der Waals surface area contributed by atoms with E-state index >= 15 is 0 Å². The maximum absolute atomic E-state index is 11.8. The fourth-order valence-corrected chi connectivity index (χ4v) is 5.01. The lowest BCUT2D eigenvalue weighted by Gasteiger charge is -2.22. The third-order valence-corrected chi connectivity index (χ3v) is 7.27. The first-order valence-electron chi connectivity index (χ1n) is 15.4. The van der Waals surface area contributed by atoms with Crippen LogP contribution in [0.3, 0.4) is 0 Å². The zero-order chi connectivity index (χ0) is 28.7. The Labute approximate surface area is 239 Å². The molecule has 0 unspecified atom stereocenters. The molecule has 12 heteroatoms. The topological polar surface area (TPSA) is 159 Å². The Morgan fingerprint density at radius 1 is 0.475 bits per heavy atom. The molecule has 0 saturated heterocycles. The molecule has 6 amide bonds. The van der Waals surface area contributed by atoms with Gasteiger partial charge in [-0.15, -0.1) is 0 Å². The smallest absolute Gasteiger partial charge is 0.407 e. The molecule has 2 saturated carbocycles. The molecule has 2 rings (SSSR count). The summed E-state index contributed by atoms with van der Waals surface area (Å²) in [6.07, 6.45) is 16.2. The Bertz CT molecular complexity index is 668. The van der Waals surface area contributed by atoms with Crippen molar-refractivity contribution in [3.63, 3.8) is 0 Å². The molecule has 2 fully saturated rings. The normalized spacial score (nSPS) is 15.9. The van der Waals surface area contributed by atoms with Crippen molar-refractivity contribution in [1.82, 2.24) is 31.9 Å². The maximum atomic E-state index is 11.8. The van der Waals surface area contributed by atoms with Gasteiger partial charge >= 0.3 is 24.2 Å². The largest absolute Gasteiger partial charge is 0.448 e. The minimum absolute atomic E-state index is 0.149. The van der Waals surface area contributed by atoms with Gasteiger partial charge in [0.15, 0.2) is 0 Å². The highest BCUT2D eigenvalue weighted by Crippen LogP contribution is 2.18. The molecule has 6 N–H and O–H groups in total. The number of hydrogen-bond donors (Lipinski definition) is 6. The summed E-state index contributed by atoms with van der Waals surface area (Å²) in [7, 11) is 0. The van der Waals surface area contributed by atoms with Crippen LogP contribution in [0.15, 0.2) is 0 Å². The summed E-state index contributed by atoms with van der Waals surface area (Å²) in [5, 5.41) is 16.8. The molecule has 0 aliphatic heterocycles. The van der Waals surface area contributed by atoms with E-state index in [1.165, 1.54) is 12.8 Å². The van der Waals surface area contributed by atoms with E-state index < -0.39 is 12.2 Å². The first-order chi connectivity index (χ1) is 19.5. The number of rotatable bonds is 17. The summed E-state index contributed by atoms with van der Waals surface area (Å²) in [5.41, 5.74) is 0. The maximum Gasteiger partial charge on any atom is 0.407 e. The molecule has 0 bridgehead atoms. The predicted octanol–water partition coefficient (Wildman–Crippen LogP) is 4.04. The molecule has 0 aromatic heterocycles. The fourth-order valence-electron chi connectivity index (χ4n) is 5.01. The second kappa shape index (κ2) is 21.8. The highest BCUT2D eigenvalue weighted by atomic mass is 16.6. The lowest BCUT2D eigenvalue weighted by molar-refractivity contribution is 0.139. The van der Waals surface area contributed by atoms with E-state index in [1.54, 1.807) is 0 Å². The molecule has 12 nitrogen and oxygen atoms in total. The van der Waals surface area contributed by atoms with Crippen LogP contribution in [-0.4, -0.2) is 75.7 Å². The Morgan fingerprint density at radius 2 is 0.825 bits per heavy atom. The molecule has 230 valence electrons. The fraction of sp³-hybridized carbons (Fsp3) is 0.857. The van der Waals surface area contributed by atoms with Gasteiger partial charge in [-0.2, -0.15) is 0 Å². The number of urea groups is 2. The molecule has 0 heterocycles. The van der Waals surface area contributed by atoms with Crippen LogP contribution in [0.2, 0.25) is 0 Å². The lowest BCUT2D eigenvalue weighted by atomic mass is 9.96. The highest BCUT2D eigenvalue weighted by molar-refractivity contribution is 5.74. The average molecular weight is 569 g/mol. The lowest BCUT2D eigenvalue weighted by Crippen LogP contribution is -2.40. The highest BCUT2D eigenvalue weighted by Gasteiger charge is 2.17. The number of nitrogens with one attached hydrogen (secondary N) is 6. The molecular weight excluding hydrogens is 516 g/mol. The van der Waals surface area contributed by atoms with Gasteiger partial charge < -0.3 is 41.4 Å². The monoisotopic (exact) mass is 568 g/mol. The van der Waals surface area contributed by atoms with E-state index in [4.69, 9.17) is 9.47 Å². The second-order valence-corrected chi connectivity index (χ2v) is 10.7. The van der Waals surface area contributed by atoms with Gasteiger partial charge in [0, 0.05) is 25.2 Å². The summed E-state index contributed by atoms with van der Waals surface area (Å²) in [6.45, 7) is 2.06. The Balaban J connectivity index is 1.28. The third-order valence-electron chi connectivity index (χ3n) is 7.27. The zero-order valence-electron chi connectivity index (χ0n) is 24.2. The number of carbonyl (C=O) groups is 4. The third kappa shape index (κ3) is 17.6. The molecule has 0 aromatic carbocycles. The van der Waals surface area contributed by atoms with Crippen LogP contribution in [0.4, 0.5) is 19.2 Å². The molecule has 0 radical (unpaired) electrons. The summed E-state index contributed by atoms with van der Waals surface area (Å²) in [6, 6.07) is -0.0843.